The first kappa shape index (κ1) is 18.4. The smallest absolute Gasteiger partial charge is 0.00727 e. The fraction of sp³-hybridized carbons (Fsp3) is 1.00. The SMILES string of the molecule is CC(C)(C)CCCCCCCCCCN1CCSCC1. The molecule has 1 aliphatic rings. The summed E-state index contributed by atoms with van der Waals surface area (Å²) < 4.78 is 0. The molecule has 1 saturated heterocycles. The second-order valence-corrected chi connectivity index (χ2v) is 8.82. The maximum atomic E-state index is 2.66. The lowest BCUT2D eigenvalue weighted by Gasteiger charge is -2.25. The minimum atomic E-state index is 0.535. The van der Waals surface area contributed by atoms with Crippen LogP contribution in [0.1, 0.15) is 78.6 Å². The van der Waals surface area contributed by atoms with E-state index in [1.807, 2.05) is 0 Å². The van der Waals surface area contributed by atoms with Gasteiger partial charge in [-0.3, -0.25) is 0 Å². The molecule has 20 heavy (non-hydrogen) atoms. The number of nitrogens with zero attached hydrogens (tertiary/aromatic N) is 1. The van der Waals surface area contributed by atoms with Gasteiger partial charge in [0.1, 0.15) is 0 Å². The molecule has 0 aromatic rings. The molecule has 0 spiro atoms. The molecule has 0 radical (unpaired) electrons. The van der Waals surface area contributed by atoms with Crippen LogP contribution in [0.25, 0.3) is 0 Å². The van der Waals surface area contributed by atoms with E-state index in [4.69, 9.17) is 0 Å². The van der Waals surface area contributed by atoms with Gasteiger partial charge in [-0.05, 0) is 24.8 Å². The summed E-state index contributed by atoms with van der Waals surface area (Å²) in [7, 11) is 0. The first-order chi connectivity index (χ1) is 9.58. The van der Waals surface area contributed by atoms with E-state index in [1.54, 1.807) is 0 Å². The molecule has 1 nitrogen and oxygen atoms in total. The molecule has 0 N–H and O–H groups in total. The van der Waals surface area contributed by atoms with Crippen molar-refractivity contribution in [2.45, 2.75) is 78.6 Å². The summed E-state index contributed by atoms with van der Waals surface area (Å²) in [6, 6.07) is 0. The lowest BCUT2D eigenvalue weighted by atomic mass is 9.89. The van der Waals surface area contributed by atoms with E-state index in [0.29, 0.717) is 5.41 Å². The zero-order chi connectivity index (χ0) is 14.7. The van der Waals surface area contributed by atoms with Gasteiger partial charge >= 0.3 is 0 Å². The summed E-state index contributed by atoms with van der Waals surface area (Å²) in [5, 5.41) is 0. The highest BCUT2D eigenvalue weighted by Crippen LogP contribution is 2.22. The van der Waals surface area contributed by atoms with E-state index in [2.05, 4.69) is 37.4 Å². The minimum absolute atomic E-state index is 0.535. The van der Waals surface area contributed by atoms with Crippen molar-refractivity contribution in [3.8, 4) is 0 Å². The molecule has 1 rings (SSSR count). The first-order valence-corrected chi connectivity index (χ1v) is 10.0. The van der Waals surface area contributed by atoms with Crippen LogP contribution in [0.2, 0.25) is 0 Å². The predicted octanol–water partition coefficient (Wildman–Crippen LogP) is 5.59. The fourth-order valence-electron chi connectivity index (χ4n) is 2.88. The Labute approximate surface area is 132 Å². The van der Waals surface area contributed by atoms with Gasteiger partial charge in [0.25, 0.3) is 0 Å². The zero-order valence-corrected chi connectivity index (χ0v) is 15.1. The molecule has 1 fully saturated rings. The van der Waals surface area contributed by atoms with E-state index in [1.165, 1.54) is 88.9 Å². The molecule has 0 aromatic heterocycles. The summed E-state index contributed by atoms with van der Waals surface area (Å²) >= 11 is 2.12. The highest BCUT2D eigenvalue weighted by Gasteiger charge is 2.09. The Bertz CT molecular complexity index is 216. The standard InChI is InChI=1S/C18H37NS/c1-18(2,3)12-10-8-6-4-5-7-9-11-13-19-14-16-20-17-15-19/h4-17H2,1-3H3. The van der Waals surface area contributed by atoms with Crippen LogP contribution in [0, 0.1) is 5.41 Å². The number of hydrogen-bond donors (Lipinski definition) is 0. The third kappa shape index (κ3) is 11.0. The Morgan fingerprint density at radius 1 is 0.750 bits per heavy atom. The van der Waals surface area contributed by atoms with Gasteiger partial charge in [-0.2, -0.15) is 11.8 Å². The molecule has 1 aliphatic heterocycles. The minimum Gasteiger partial charge on any atom is -0.302 e. The van der Waals surface area contributed by atoms with Gasteiger partial charge in [-0.15, -0.1) is 0 Å². The summed E-state index contributed by atoms with van der Waals surface area (Å²) in [5.74, 6) is 2.71. The molecule has 0 atom stereocenters. The number of thioether (sulfide) groups is 1. The van der Waals surface area contributed by atoms with Crippen LogP contribution in [0.4, 0.5) is 0 Å². The monoisotopic (exact) mass is 299 g/mol. The van der Waals surface area contributed by atoms with Crippen LogP contribution in [-0.2, 0) is 0 Å². The lowest BCUT2D eigenvalue weighted by molar-refractivity contribution is 0.294. The van der Waals surface area contributed by atoms with Crippen LogP contribution in [0.3, 0.4) is 0 Å². The Hall–Kier alpha value is 0.310. The lowest BCUT2D eigenvalue weighted by Crippen LogP contribution is -2.33. The van der Waals surface area contributed by atoms with Crippen LogP contribution < -0.4 is 0 Å². The van der Waals surface area contributed by atoms with Crippen LogP contribution in [0.5, 0.6) is 0 Å². The van der Waals surface area contributed by atoms with Gasteiger partial charge in [0.15, 0.2) is 0 Å². The fourth-order valence-corrected chi connectivity index (χ4v) is 3.85. The van der Waals surface area contributed by atoms with Crippen molar-refractivity contribution in [1.82, 2.24) is 4.90 Å². The second-order valence-electron chi connectivity index (χ2n) is 7.59. The molecule has 0 unspecified atom stereocenters. The maximum absolute atomic E-state index is 2.66. The zero-order valence-electron chi connectivity index (χ0n) is 14.3. The van der Waals surface area contributed by atoms with Gasteiger partial charge in [0.05, 0.1) is 0 Å². The number of hydrogen-bond acceptors (Lipinski definition) is 2. The van der Waals surface area contributed by atoms with Gasteiger partial charge in [-0.25, -0.2) is 0 Å². The van der Waals surface area contributed by atoms with Gasteiger partial charge in [0.2, 0.25) is 0 Å². The normalized spacial score (nSPS) is 17.6. The van der Waals surface area contributed by atoms with Crippen LogP contribution in [0.15, 0.2) is 0 Å². The number of unbranched alkanes of at least 4 members (excludes halogenated alkanes) is 7. The molecule has 120 valence electrons. The molecule has 0 aliphatic carbocycles. The van der Waals surface area contributed by atoms with Crippen LogP contribution in [-0.4, -0.2) is 36.0 Å². The van der Waals surface area contributed by atoms with Crippen molar-refractivity contribution in [1.29, 1.82) is 0 Å². The molecule has 0 aromatic carbocycles. The first-order valence-electron chi connectivity index (χ1n) is 8.88. The summed E-state index contributed by atoms with van der Waals surface area (Å²) in [4.78, 5) is 2.66. The summed E-state index contributed by atoms with van der Waals surface area (Å²) in [5.41, 5.74) is 0.535. The molecule has 0 saturated carbocycles. The predicted molar refractivity (Wildman–Crippen MR) is 94.8 cm³/mol. The van der Waals surface area contributed by atoms with Crippen molar-refractivity contribution in [2.75, 3.05) is 31.1 Å². The second kappa shape index (κ2) is 11.0. The molecule has 0 amide bonds. The quantitative estimate of drug-likeness (QED) is 0.484. The van der Waals surface area contributed by atoms with Crippen molar-refractivity contribution < 1.29 is 0 Å². The van der Waals surface area contributed by atoms with Gasteiger partial charge < -0.3 is 4.90 Å². The summed E-state index contributed by atoms with van der Waals surface area (Å²) in [6.45, 7) is 11.1. The Morgan fingerprint density at radius 2 is 1.25 bits per heavy atom. The van der Waals surface area contributed by atoms with E-state index in [0.717, 1.165) is 0 Å². The van der Waals surface area contributed by atoms with Crippen molar-refractivity contribution in [3.63, 3.8) is 0 Å². The Kier molecular flexibility index (Phi) is 10.1. The highest BCUT2D eigenvalue weighted by atomic mass is 32.2. The van der Waals surface area contributed by atoms with Crippen molar-refractivity contribution in [2.24, 2.45) is 5.41 Å². The van der Waals surface area contributed by atoms with Crippen LogP contribution >= 0.6 is 11.8 Å². The number of rotatable bonds is 10. The highest BCUT2D eigenvalue weighted by molar-refractivity contribution is 7.99. The van der Waals surface area contributed by atoms with Crippen molar-refractivity contribution in [3.05, 3.63) is 0 Å². The molecule has 0 bridgehead atoms. The third-order valence-electron chi connectivity index (χ3n) is 4.25. The van der Waals surface area contributed by atoms with E-state index in [-0.39, 0.29) is 0 Å². The average molecular weight is 300 g/mol. The Balaban J connectivity index is 1.76. The van der Waals surface area contributed by atoms with E-state index >= 15 is 0 Å². The molecule has 1 heterocycles. The summed E-state index contributed by atoms with van der Waals surface area (Å²) in [6.07, 6.45) is 13.0. The van der Waals surface area contributed by atoms with Gasteiger partial charge in [-0.1, -0.05) is 65.7 Å². The molecular formula is C18H37NS. The largest absolute Gasteiger partial charge is 0.302 e. The van der Waals surface area contributed by atoms with E-state index < -0.39 is 0 Å². The third-order valence-corrected chi connectivity index (χ3v) is 5.20. The molecular weight excluding hydrogens is 262 g/mol. The maximum Gasteiger partial charge on any atom is 0.00727 e. The average Bonchev–Trinajstić information content (AvgIpc) is 2.41. The van der Waals surface area contributed by atoms with E-state index in [9.17, 15) is 0 Å². The van der Waals surface area contributed by atoms with Gasteiger partial charge in [0, 0.05) is 24.6 Å². The Morgan fingerprint density at radius 3 is 1.80 bits per heavy atom. The topological polar surface area (TPSA) is 3.24 Å². The van der Waals surface area contributed by atoms with Crippen molar-refractivity contribution >= 4 is 11.8 Å². The molecule has 2 heteroatoms.